The van der Waals surface area contributed by atoms with Crippen molar-refractivity contribution in [3.63, 3.8) is 0 Å². The van der Waals surface area contributed by atoms with Crippen molar-refractivity contribution in [2.24, 2.45) is 5.92 Å². The van der Waals surface area contributed by atoms with Crippen molar-refractivity contribution in [3.8, 4) is 11.5 Å². The molecule has 3 fully saturated rings. The first-order chi connectivity index (χ1) is 22.1. The smallest absolute Gasteiger partial charge is 0.248 e. The molecule has 1 aliphatic carbocycles. The Morgan fingerprint density at radius 3 is 2.13 bits per heavy atom. The molecule has 2 heterocycles. The lowest BCUT2D eigenvalue weighted by molar-refractivity contribution is -0.0701. The van der Waals surface area contributed by atoms with Crippen molar-refractivity contribution >= 4 is 36.7 Å². The molecule has 7 atom stereocenters. The second-order valence-corrected chi connectivity index (χ2v) is 19.2. The van der Waals surface area contributed by atoms with Gasteiger partial charge in [-0.25, -0.2) is 0 Å². The van der Waals surface area contributed by atoms with E-state index >= 15 is 0 Å². The lowest BCUT2D eigenvalue weighted by atomic mass is 9.77. The number of methoxy groups -OCH3 is 2. The van der Waals surface area contributed by atoms with Crippen LogP contribution in [-0.2, 0) is 35.9 Å². The molecule has 0 bridgehead atoms. The van der Waals surface area contributed by atoms with Gasteiger partial charge in [-0.3, -0.25) is 0 Å². The second kappa shape index (κ2) is 13.8. The number of allylic oxidation sites excluding steroid dienone is 1. The summed E-state index contributed by atoms with van der Waals surface area (Å²) in [6.45, 7) is 8.80. The Hall–Kier alpha value is -2.10. The van der Waals surface area contributed by atoms with Gasteiger partial charge in [-0.05, 0) is 98.2 Å². The number of fused-ring (bicyclic) bond motifs is 1. The molecule has 2 aliphatic heterocycles. The third-order valence-electron chi connectivity index (χ3n) is 9.57. The molecule has 3 aromatic rings. The van der Waals surface area contributed by atoms with Crippen molar-refractivity contribution in [2.45, 2.75) is 74.2 Å². The highest BCUT2D eigenvalue weighted by molar-refractivity contribution is 8.68. The number of ether oxygens (including phenoxy) is 4. The van der Waals surface area contributed by atoms with Crippen molar-refractivity contribution < 1.29 is 28.0 Å². The Morgan fingerprint density at radius 1 is 0.978 bits per heavy atom. The Bertz CT molecular complexity index is 1510. The number of hydrogen-bond acceptors (Lipinski definition) is 8. The van der Waals surface area contributed by atoms with Crippen LogP contribution in [0.5, 0.6) is 11.5 Å². The number of benzene rings is 3. The van der Waals surface area contributed by atoms with Gasteiger partial charge in [-0.15, -0.1) is 0 Å². The molecule has 242 valence electrons. The van der Waals surface area contributed by atoms with Crippen LogP contribution in [0, 0.1) is 5.92 Å². The fourth-order valence-electron chi connectivity index (χ4n) is 6.89. The standard InChI is InChI=1S/C36H42BO6PS2/c1-24(2)25-19-20-35(3)33(21-25)43-44(45,46-35)42-31-22-34(37)41-32(31)23-40-36(26-9-7-6-8-10-26,27-11-15-29(38-4)16-12-27)28-13-17-30(39-5)18-14-28/h6-18,25,31-34H,1,19-23H2,2-5H3/t25-,31?,32+,33+,34+,35+,44-/m0/s1. The van der Waals surface area contributed by atoms with E-state index in [9.17, 15) is 0 Å². The summed E-state index contributed by atoms with van der Waals surface area (Å²) in [5, 5.41) is 0. The maximum atomic E-state index is 7.13. The van der Waals surface area contributed by atoms with E-state index in [1.807, 2.05) is 66.7 Å². The molecule has 0 aromatic heterocycles. The molecule has 2 radical (unpaired) electrons. The second-order valence-electron chi connectivity index (χ2n) is 12.7. The number of rotatable bonds is 11. The first-order valence-corrected chi connectivity index (χ1v) is 19.9. The zero-order valence-corrected chi connectivity index (χ0v) is 29.5. The summed E-state index contributed by atoms with van der Waals surface area (Å²) in [6.07, 6.45) is 2.79. The van der Waals surface area contributed by atoms with Crippen LogP contribution in [0.4, 0.5) is 0 Å². The highest BCUT2D eigenvalue weighted by Crippen LogP contribution is 2.76. The van der Waals surface area contributed by atoms with Gasteiger partial charge in [-0.1, -0.05) is 78.1 Å². The highest BCUT2D eigenvalue weighted by atomic mass is 32.9. The summed E-state index contributed by atoms with van der Waals surface area (Å²) in [5.74, 6) is 1.97. The van der Waals surface area contributed by atoms with Crippen LogP contribution in [0.1, 0.15) is 56.2 Å². The van der Waals surface area contributed by atoms with Gasteiger partial charge in [-0.2, -0.15) is 0 Å². The summed E-state index contributed by atoms with van der Waals surface area (Å²) < 4.78 is 37.7. The highest BCUT2D eigenvalue weighted by Gasteiger charge is 2.55. The fourth-order valence-corrected chi connectivity index (χ4v) is 14.5. The summed E-state index contributed by atoms with van der Waals surface area (Å²) in [5.41, 5.74) is 0.405. The van der Waals surface area contributed by atoms with E-state index in [0.29, 0.717) is 12.3 Å². The average Bonchev–Trinajstić information content (AvgIpc) is 3.54. The quantitative estimate of drug-likeness (QED) is 0.0873. The van der Waals surface area contributed by atoms with Crippen LogP contribution in [0.3, 0.4) is 0 Å². The van der Waals surface area contributed by atoms with Crippen LogP contribution >= 0.6 is 17.1 Å². The third-order valence-corrected chi connectivity index (χ3v) is 15.3. The van der Waals surface area contributed by atoms with E-state index in [-0.39, 0.29) is 23.6 Å². The SMILES string of the molecule is [B][C@H]1CC(O[P@@]2(=S)O[C@@H]3C[C@@H](C(=C)C)CC[C@@]3(C)S2)[C@@H](COC(c2ccccc2)(c2ccc(OC)cc2)c2ccc(OC)cc2)O1. The largest absolute Gasteiger partial charge is 0.497 e. The predicted molar refractivity (Wildman–Crippen MR) is 189 cm³/mol. The Kier molecular flexibility index (Phi) is 10.1. The predicted octanol–water partition coefficient (Wildman–Crippen LogP) is 8.17. The van der Waals surface area contributed by atoms with Gasteiger partial charge < -0.3 is 28.0 Å². The zero-order chi connectivity index (χ0) is 32.5. The van der Waals surface area contributed by atoms with E-state index < -0.39 is 23.4 Å². The monoisotopic (exact) mass is 676 g/mol. The molecular weight excluding hydrogens is 634 g/mol. The summed E-state index contributed by atoms with van der Waals surface area (Å²) in [6, 6.07) is 25.7. The molecule has 46 heavy (non-hydrogen) atoms. The van der Waals surface area contributed by atoms with Crippen LogP contribution < -0.4 is 9.47 Å². The molecule has 10 heteroatoms. The van der Waals surface area contributed by atoms with Crippen LogP contribution in [-0.4, -0.2) is 57.7 Å². The minimum absolute atomic E-state index is 0.0420. The van der Waals surface area contributed by atoms with Gasteiger partial charge in [0.1, 0.15) is 31.1 Å². The molecule has 1 unspecified atom stereocenters. The Labute approximate surface area is 283 Å². The van der Waals surface area contributed by atoms with Crippen LogP contribution in [0.2, 0.25) is 0 Å². The van der Waals surface area contributed by atoms with E-state index in [1.54, 1.807) is 25.6 Å². The molecule has 3 aromatic carbocycles. The van der Waals surface area contributed by atoms with Gasteiger partial charge in [0.15, 0.2) is 0 Å². The summed E-state index contributed by atoms with van der Waals surface area (Å²) in [7, 11) is 9.72. The van der Waals surface area contributed by atoms with E-state index in [4.69, 9.17) is 47.6 Å². The first-order valence-electron chi connectivity index (χ1n) is 15.8. The molecule has 0 spiro atoms. The molecular formula is C36H42BO6PS2. The van der Waals surface area contributed by atoms with E-state index in [2.05, 4.69) is 32.6 Å². The molecule has 2 saturated heterocycles. The zero-order valence-electron chi connectivity index (χ0n) is 26.9. The summed E-state index contributed by atoms with van der Waals surface area (Å²) in [4.78, 5) is 0. The van der Waals surface area contributed by atoms with Crippen molar-refractivity contribution in [3.05, 3.63) is 108 Å². The van der Waals surface area contributed by atoms with E-state index in [1.165, 1.54) is 5.57 Å². The van der Waals surface area contributed by atoms with Gasteiger partial charge in [0.05, 0.1) is 33.0 Å². The van der Waals surface area contributed by atoms with Crippen molar-refractivity contribution in [2.75, 3.05) is 20.8 Å². The first kappa shape index (κ1) is 33.8. The van der Waals surface area contributed by atoms with E-state index in [0.717, 1.165) is 47.5 Å². The van der Waals surface area contributed by atoms with Gasteiger partial charge in [0.2, 0.25) is 5.69 Å². The maximum absolute atomic E-state index is 7.13. The molecule has 0 amide bonds. The van der Waals surface area contributed by atoms with Gasteiger partial charge in [0.25, 0.3) is 0 Å². The number of hydrogen-bond donors (Lipinski definition) is 0. The Balaban J connectivity index is 1.30. The lowest BCUT2D eigenvalue weighted by Crippen LogP contribution is -2.39. The molecule has 0 N–H and O–H groups in total. The summed E-state index contributed by atoms with van der Waals surface area (Å²) >= 11 is 7.88. The Morgan fingerprint density at radius 2 is 1.57 bits per heavy atom. The lowest BCUT2D eigenvalue weighted by Gasteiger charge is -2.37. The molecule has 1 saturated carbocycles. The van der Waals surface area contributed by atoms with Gasteiger partial charge >= 0.3 is 0 Å². The van der Waals surface area contributed by atoms with Crippen molar-refractivity contribution in [1.29, 1.82) is 0 Å². The van der Waals surface area contributed by atoms with Crippen LogP contribution in [0.25, 0.3) is 0 Å². The normalized spacial score (nSPS) is 30.9. The molecule has 6 nitrogen and oxygen atoms in total. The maximum Gasteiger partial charge on any atom is 0.248 e. The molecule has 3 aliphatic rings. The topological polar surface area (TPSA) is 55.4 Å². The van der Waals surface area contributed by atoms with Gasteiger partial charge in [0, 0.05) is 10.8 Å². The minimum Gasteiger partial charge on any atom is -0.497 e. The average molecular weight is 677 g/mol. The minimum atomic E-state index is -2.67. The molecule has 6 rings (SSSR count). The fraction of sp³-hybridized carbons (Fsp3) is 0.444. The van der Waals surface area contributed by atoms with Crippen molar-refractivity contribution in [1.82, 2.24) is 0 Å². The third kappa shape index (κ3) is 6.75. The van der Waals surface area contributed by atoms with Crippen LogP contribution in [0.15, 0.2) is 91.0 Å².